The Labute approximate surface area is 206 Å². The molecule has 1 saturated carbocycles. The Morgan fingerprint density at radius 1 is 1.00 bits per heavy atom. The predicted octanol–water partition coefficient (Wildman–Crippen LogP) is 4.41. The van der Waals surface area contributed by atoms with E-state index in [1.165, 1.54) is 11.1 Å². The number of hydrogen-bond acceptors (Lipinski definition) is 4. The van der Waals surface area contributed by atoms with Crippen LogP contribution < -0.4 is 10.6 Å². The third-order valence-electron chi connectivity index (χ3n) is 6.84. The van der Waals surface area contributed by atoms with Gasteiger partial charge in [-0.15, -0.1) is 0 Å². The lowest BCUT2D eigenvalue weighted by Crippen LogP contribution is -2.41. The molecule has 2 amide bonds. The molecule has 0 bridgehead atoms. The Hall–Kier alpha value is -3.35. The number of hydrogen-bond donors (Lipinski definition) is 3. The van der Waals surface area contributed by atoms with Gasteiger partial charge in [-0.3, -0.25) is 9.59 Å². The molecule has 2 aliphatic carbocycles. The van der Waals surface area contributed by atoms with E-state index in [-0.39, 0.29) is 42.2 Å². The minimum Gasteiger partial charge on any atom is -0.481 e. The first kappa shape index (κ1) is 24.8. The van der Waals surface area contributed by atoms with E-state index in [0.29, 0.717) is 19.4 Å². The third-order valence-corrected chi connectivity index (χ3v) is 6.84. The van der Waals surface area contributed by atoms with Crippen LogP contribution in [-0.2, 0) is 14.3 Å². The molecule has 7 heteroatoms. The van der Waals surface area contributed by atoms with Crippen molar-refractivity contribution < 1.29 is 24.2 Å². The summed E-state index contributed by atoms with van der Waals surface area (Å²) >= 11 is 0. The van der Waals surface area contributed by atoms with Gasteiger partial charge in [0, 0.05) is 19.0 Å². The van der Waals surface area contributed by atoms with Crippen LogP contribution in [0.2, 0.25) is 0 Å². The number of carboxylic acid groups (broad SMARTS) is 1. The molecule has 0 radical (unpaired) electrons. The van der Waals surface area contributed by atoms with Crippen molar-refractivity contribution in [1.29, 1.82) is 0 Å². The highest BCUT2D eigenvalue weighted by Gasteiger charge is 2.43. The van der Waals surface area contributed by atoms with Gasteiger partial charge in [0.2, 0.25) is 5.91 Å². The highest BCUT2D eigenvalue weighted by molar-refractivity contribution is 5.81. The molecule has 0 aromatic heterocycles. The molecule has 186 valence electrons. The Balaban J connectivity index is 1.31. The number of carbonyl (C=O) groups is 3. The van der Waals surface area contributed by atoms with E-state index in [0.717, 1.165) is 11.1 Å². The van der Waals surface area contributed by atoms with Crippen molar-refractivity contribution in [3.05, 3.63) is 59.7 Å². The first-order chi connectivity index (χ1) is 16.6. The van der Waals surface area contributed by atoms with Gasteiger partial charge in [0.25, 0.3) is 0 Å². The monoisotopic (exact) mass is 478 g/mol. The van der Waals surface area contributed by atoms with Crippen LogP contribution in [0.15, 0.2) is 48.5 Å². The molecule has 1 unspecified atom stereocenters. The molecule has 3 N–H and O–H groups in total. The van der Waals surface area contributed by atoms with E-state index < -0.39 is 18.0 Å². The van der Waals surface area contributed by atoms with E-state index in [1.54, 1.807) is 0 Å². The summed E-state index contributed by atoms with van der Waals surface area (Å²) in [6, 6.07) is 16.3. The summed E-state index contributed by atoms with van der Waals surface area (Å²) in [5.41, 5.74) is 4.51. The topological polar surface area (TPSA) is 105 Å². The Morgan fingerprint density at radius 3 is 2.14 bits per heavy atom. The smallest absolute Gasteiger partial charge is 0.407 e. The largest absolute Gasteiger partial charge is 0.481 e. The number of carboxylic acids is 1. The third kappa shape index (κ3) is 6.02. The standard InChI is InChI=1S/C28H34N2O5/c1-28(2,3)13-18(25(31)29-14-17-12-23(17)26(32)33)15-30-27(34)35-16-24-21-10-6-4-8-19(21)20-9-5-7-11-22(20)24/h4-11,17-18,23-24H,12-16H2,1-3H3,(H,29,31)(H,30,34)(H,32,33)/t17-,18?,23-/m0/s1. The van der Waals surface area contributed by atoms with Gasteiger partial charge in [-0.25, -0.2) is 4.79 Å². The maximum absolute atomic E-state index is 12.8. The van der Waals surface area contributed by atoms with E-state index in [2.05, 4.69) is 34.9 Å². The molecule has 1 fully saturated rings. The quantitative estimate of drug-likeness (QED) is 0.495. The van der Waals surface area contributed by atoms with Gasteiger partial charge in [0.1, 0.15) is 6.61 Å². The SMILES string of the molecule is CC(C)(C)CC(CNC(=O)OCC1c2ccccc2-c2ccccc21)C(=O)NC[C@@H]1C[C@@H]1C(=O)O. The summed E-state index contributed by atoms with van der Waals surface area (Å²) in [4.78, 5) is 36.4. The molecule has 2 aromatic carbocycles. The van der Waals surface area contributed by atoms with Crippen molar-refractivity contribution in [2.45, 2.75) is 39.5 Å². The molecule has 7 nitrogen and oxygen atoms in total. The number of benzene rings is 2. The summed E-state index contributed by atoms with van der Waals surface area (Å²) in [5.74, 6) is -1.82. The Kier molecular flexibility index (Phi) is 7.15. The number of aliphatic carboxylic acids is 1. The summed E-state index contributed by atoms with van der Waals surface area (Å²) < 4.78 is 5.60. The normalized spacial score (nSPS) is 19.3. The van der Waals surface area contributed by atoms with Crippen LogP contribution in [0.3, 0.4) is 0 Å². The lowest BCUT2D eigenvalue weighted by atomic mass is 9.84. The maximum Gasteiger partial charge on any atom is 0.407 e. The second-order valence-electron chi connectivity index (χ2n) is 10.9. The molecule has 2 aromatic rings. The lowest BCUT2D eigenvalue weighted by Gasteiger charge is -2.25. The van der Waals surface area contributed by atoms with Crippen LogP contribution in [0, 0.1) is 23.2 Å². The second-order valence-corrected chi connectivity index (χ2v) is 10.9. The maximum atomic E-state index is 12.8. The predicted molar refractivity (Wildman–Crippen MR) is 133 cm³/mol. The second kappa shape index (κ2) is 10.1. The number of carbonyl (C=O) groups excluding carboxylic acids is 2. The summed E-state index contributed by atoms with van der Waals surface area (Å²) in [6.45, 7) is 6.86. The molecule has 3 atom stereocenters. The minimum atomic E-state index is -0.813. The zero-order chi connectivity index (χ0) is 25.2. The van der Waals surface area contributed by atoms with Gasteiger partial charge in [-0.1, -0.05) is 69.3 Å². The molecular weight excluding hydrogens is 444 g/mol. The van der Waals surface area contributed by atoms with Crippen LogP contribution in [0.1, 0.15) is 50.7 Å². The number of ether oxygens (including phenoxy) is 1. The average Bonchev–Trinajstić information content (AvgIpc) is 3.54. The van der Waals surface area contributed by atoms with Gasteiger partial charge in [0.15, 0.2) is 0 Å². The van der Waals surface area contributed by atoms with E-state index in [4.69, 9.17) is 9.84 Å². The van der Waals surface area contributed by atoms with Crippen molar-refractivity contribution in [2.24, 2.45) is 23.2 Å². The van der Waals surface area contributed by atoms with Crippen molar-refractivity contribution in [3.63, 3.8) is 0 Å². The van der Waals surface area contributed by atoms with Crippen molar-refractivity contribution in [1.82, 2.24) is 10.6 Å². The number of nitrogens with one attached hydrogen (secondary N) is 2. The summed E-state index contributed by atoms with van der Waals surface area (Å²) in [5, 5.41) is 14.7. The number of alkyl carbamates (subject to hydrolysis) is 1. The van der Waals surface area contributed by atoms with Crippen LogP contribution in [-0.4, -0.2) is 42.8 Å². The average molecular weight is 479 g/mol. The van der Waals surface area contributed by atoms with Gasteiger partial charge in [-0.2, -0.15) is 0 Å². The van der Waals surface area contributed by atoms with Gasteiger partial charge in [0.05, 0.1) is 11.8 Å². The summed E-state index contributed by atoms with van der Waals surface area (Å²) in [7, 11) is 0. The van der Waals surface area contributed by atoms with Gasteiger partial charge < -0.3 is 20.5 Å². The van der Waals surface area contributed by atoms with Gasteiger partial charge >= 0.3 is 12.1 Å². The molecule has 0 heterocycles. The molecule has 0 saturated heterocycles. The zero-order valence-corrected chi connectivity index (χ0v) is 20.5. The molecule has 2 aliphatic rings. The van der Waals surface area contributed by atoms with Gasteiger partial charge in [-0.05, 0) is 46.4 Å². The highest BCUT2D eigenvalue weighted by Crippen LogP contribution is 2.44. The summed E-state index contributed by atoms with van der Waals surface area (Å²) in [6.07, 6.45) is 0.624. The number of amides is 2. The van der Waals surface area contributed by atoms with Crippen LogP contribution in [0.4, 0.5) is 4.79 Å². The molecule has 35 heavy (non-hydrogen) atoms. The molecule has 0 aliphatic heterocycles. The van der Waals surface area contributed by atoms with Crippen molar-refractivity contribution >= 4 is 18.0 Å². The molecular formula is C28H34N2O5. The van der Waals surface area contributed by atoms with Crippen molar-refractivity contribution in [2.75, 3.05) is 19.7 Å². The minimum absolute atomic E-state index is 0.0122. The van der Waals surface area contributed by atoms with E-state index in [9.17, 15) is 14.4 Å². The highest BCUT2D eigenvalue weighted by atomic mass is 16.5. The Bertz CT molecular complexity index is 1060. The molecule has 4 rings (SSSR count). The van der Waals surface area contributed by atoms with E-state index in [1.807, 2.05) is 45.0 Å². The number of fused-ring (bicyclic) bond motifs is 3. The van der Waals surface area contributed by atoms with Crippen molar-refractivity contribution in [3.8, 4) is 11.1 Å². The fraction of sp³-hybridized carbons (Fsp3) is 0.464. The zero-order valence-electron chi connectivity index (χ0n) is 20.5. The molecule has 0 spiro atoms. The fourth-order valence-corrected chi connectivity index (χ4v) is 5.00. The first-order valence-electron chi connectivity index (χ1n) is 12.2. The Morgan fingerprint density at radius 2 is 1.60 bits per heavy atom. The fourth-order valence-electron chi connectivity index (χ4n) is 5.00. The van der Waals surface area contributed by atoms with Crippen LogP contribution >= 0.6 is 0 Å². The first-order valence-corrected chi connectivity index (χ1v) is 12.2. The van der Waals surface area contributed by atoms with Crippen LogP contribution in [0.5, 0.6) is 0 Å². The number of rotatable bonds is 9. The van der Waals surface area contributed by atoms with Crippen LogP contribution in [0.25, 0.3) is 11.1 Å². The van der Waals surface area contributed by atoms with E-state index >= 15 is 0 Å². The lowest BCUT2D eigenvalue weighted by molar-refractivity contribution is -0.139.